The molecule has 1 heterocycles. The molecule has 1 atom stereocenters. The number of fused-ring (bicyclic) bond motifs is 1. The van der Waals surface area contributed by atoms with Crippen molar-refractivity contribution in [2.75, 3.05) is 24.7 Å². The minimum Gasteiger partial charge on any atom is -0.396 e. The summed E-state index contributed by atoms with van der Waals surface area (Å²) < 4.78 is 0. The van der Waals surface area contributed by atoms with Gasteiger partial charge in [-0.05, 0) is 31.4 Å². The van der Waals surface area contributed by atoms with Gasteiger partial charge in [0.2, 0.25) is 5.91 Å². The molecule has 0 radical (unpaired) electrons. The van der Waals surface area contributed by atoms with Gasteiger partial charge in [0.1, 0.15) is 0 Å². The van der Waals surface area contributed by atoms with E-state index in [2.05, 4.69) is 15.5 Å². The van der Waals surface area contributed by atoms with E-state index < -0.39 is 0 Å². The molecule has 0 saturated carbocycles. The molecule has 0 spiro atoms. The SMILES string of the molecule is O=C(NCCSCCCO)C1CCCc2[nH]ncc21. The maximum atomic E-state index is 12.1. The van der Waals surface area contributed by atoms with Gasteiger partial charge in [-0.3, -0.25) is 9.89 Å². The third-order valence-corrected chi connectivity index (χ3v) is 4.43. The molecule has 1 aliphatic rings. The van der Waals surface area contributed by atoms with E-state index in [1.807, 2.05) is 0 Å². The van der Waals surface area contributed by atoms with Crippen LogP contribution in [0.3, 0.4) is 0 Å². The van der Waals surface area contributed by atoms with Crippen molar-refractivity contribution in [3.05, 3.63) is 17.5 Å². The second kappa shape index (κ2) is 7.55. The molecule has 2 rings (SSSR count). The number of aliphatic hydroxyl groups excluding tert-OH is 1. The van der Waals surface area contributed by atoms with Crippen LogP contribution < -0.4 is 5.32 Å². The first-order chi connectivity index (χ1) is 9.33. The van der Waals surface area contributed by atoms with Crippen molar-refractivity contribution >= 4 is 17.7 Å². The lowest BCUT2D eigenvalue weighted by Gasteiger charge is -2.21. The maximum absolute atomic E-state index is 12.1. The number of aromatic nitrogens is 2. The van der Waals surface area contributed by atoms with Crippen LogP contribution in [0.15, 0.2) is 6.20 Å². The van der Waals surface area contributed by atoms with Crippen LogP contribution in [0.1, 0.15) is 36.4 Å². The Morgan fingerprint density at radius 1 is 1.58 bits per heavy atom. The number of carbonyl (C=O) groups is 1. The standard InChI is InChI=1S/C13H21N3O2S/c17-6-2-7-19-8-5-14-13(18)10-3-1-4-12-11(10)9-15-16-12/h9-10,17H,1-8H2,(H,14,18)(H,15,16). The predicted molar refractivity (Wildman–Crippen MR) is 76.3 cm³/mol. The monoisotopic (exact) mass is 283 g/mol. The number of aryl methyl sites for hydroxylation is 1. The Labute approximate surface area is 117 Å². The zero-order valence-electron chi connectivity index (χ0n) is 11.0. The highest BCUT2D eigenvalue weighted by Crippen LogP contribution is 2.30. The van der Waals surface area contributed by atoms with Crippen molar-refractivity contribution in [2.45, 2.75) is 31.6 Å². The number of aromatic amines is 1. The fraction of sp³-hybridized carbons (Fsp3) is 0.692. The summed E-state index contributed by atoms with van der Waals surface area (Å²) in [6.45, 7) is 0.934. The summed E-state index contributed by atoms with van der Waals surface area (Å²) in [7, 11) is 0. The Morgan fingerprint density at radius 2 is 2.47 bits per heavy atom. The third-order valence-electron chi connectivity index (χ3n) is 3.36. The number of nitrogens with one attached hydrogen (secondary N) is 2. The molecule has 106 valence electrons. The van der Waals surface area contributed by atoms with Crippen LogP contribution >= 0.6 is 11.8 Å². The summed E-state index contributed by atoms with van der Waals surface area (Å²) in [5.41, 5.74) is 2.18. The number of aliphatic hydroxyl groups is 1. The molecule has 0 saturated heterocycles. The van der Waals surface area contributed by atoms with Gasteiger partial charge in [0.05, 0.1) is 12.1 Å². The molecule has 1 aromatic rings. The van der Waals surface area contributed by atoms with Gasteiger partial charge in [0.15, 0.2) is 0 Å². The van der Waals surface area contributed by atoms with E-state index in [-0.39, 0.29) is 18.4 Å². The molecule has 0 aromatic carbocycles. The highest BCUT2D eigenvalue weighted by molar-refractivity contribution is 7.99. The Bertz CT molecular complexity index is 408. The van der Waals surface area contributed by atoms with Gasteiger partial charge >= 0.3 is 0 Å². The first kappa shape index (κ1) is 14.4. The number of hydrogen-bond donors (Lipinski definition) is 3. The number of amides is 1. The van der Waals surface area contributed by atoms with Crippen LogP contribution in [-0.2, 0) is 11.2 Å². The quantitative estimate of drug-likeness (QED) is 0.654. The van der Waals surface area contributed by atoms with E-state index in [1.54, 1.807) is 18.0 Å². The van der Waals surface area contributed by atoms with Crippen molar-refractivity contribution in [1.82, 2.24) is 15.5 Å². The molecular weight excluding hydrogens is 262 g/mol. The number of rotatable bonds is 7. The van der Waals surface area contributed by atoms with Crippen molar-refractivity contribution in [1.29, 1.82) is 0 Å². The van der Waals surface area contributed by atoms with Crippen LogP contribution in [0.5, 0.6) is 0 Å². The molecule has 1 amide bonds. The molecule has 0 fully saturated rings. The first-order valence-corrected chi connectivity index (χ1v) is 7.97. The van der Waals surface area contributed by atoms with E-state index in [9.17, 15) is 4.79 Å². The lowest BCUT2D eigenvalue weighted by atomic mass is 9.86. The van der Waals surface area contributed by atoms with Gasteiger partial charge < -0.3 is 10.4 Å². The second-order valence-electron chi connectivity index (χ2n) is 4.73. The van der Waals surface area contributed by atoms with Gasteiger partial charge in [-0.15, -0.1) is 0 Å². The van der Waals surface area contributed by atoms with Crippen molar-refractivity contribution in [2.24, 2.45) is 0 Å². The number of hydrogen-bond acceptors (Lipinski definition) is 4. The second-order valence-corrected chi connectivity index (χ2v) is 5.95. The average Bonchev–Trinajstić information content (AvgIpc) is 2.90. The topological polar surface area (TPSA) is 78.0 Å². The van der Waals surface area contributed by atoms with Crippen molar-refractivity contribution < 1.29 is 9.90 Å². The Kier molecular flexibility index (Phi) is 5.72. The molecule has 1 aromatic heterocycles. The molecular formula is C13H21N3O2S. The third kappa shape index (κ3) is 3.98. The summed E-state index contributed by atoms with van der Waals surface area (Å²) in [5, 5.41) is 18.7. The van der Waals surface area contributed by atoms with Crippen LogP contribution in [0.25, 0.3) is 0 Å². The molecule has 1 aliphatic carbocycles. The average molecular weight is 283 g/mol. The smallest absolute Gasteiger partial charge is 0.227 e. The Morgan fingerprint density at radius 3 is 3.32 bits per heavy atom. The van der Waals surface area contributed by atoms with Gasteiger partial charge in [-0.1, -0.05) is 0 Å². The largest absolute Gasteiger partial charge is 0.396 e. The number of thioether (sulfide) groups is 1. The first-order valence-electron chi connectivity index (χ1n) is 6.81. The normalized spacial score (nSPS) is 18.1. The highest BCUT2D eigenvalue weighted by Gasteiger charge is 2.27. The van der Waals surface area contributed by atoms with E-state index in [0.29, 0.717) is 6.54 Å². The van der Waals surface area contributed by atoms with Gasteiger partial charge in [0.25, 0.3) is 0 Å². The Balaban J connectivity index is 1.73. The van der Waals surface area contributed by atoms with Gasteiger partial charge in [-0.2, -0.15) is 16.9 Å². The van der Waals surface area contributed by atoms with Crippen LogP contribution in [0.2, 0.25) is 0 Å². The van der Waals surface area contributed by atoms with E-state index in [0.717, 1.165) is 48.4 Å². The van der Waals surface area contributed by atoms with Gasteiger partial charge in [0, 0.05) is 30.2 Å². The fourth-order valence-corrected chi connectivity index (χ4v) is 3.16. The molecule has 6 heteroatoms. The van der Waals surface area contributed by atoms with Crippen LogP contribution in [0.4, 0.5) is 0 Å². The maximum Gasteiger partial charge on any atom is 0.227 e. The minimum absolute atomic E-state index is 0.0371. The lowest BCUT2D eigenvalue weighted by Crippen LogP contribution is -2.32. The molecule has 0 bridgehead atoms. The van der Waals surface area contributed by atoms with Crippen molar-refractivity contribution in [3.8, 4) is 0 Å². The van der Waals surface area contributed by atoms with Crippen molar-refractivity contribution in [3.63, 3.8) is 0 Å². The molecule has 3 N–H and O–H groups in total. The minimum atomic E-state index is -0.0371. The molecule has 19 heavy (non-hydrogen) atoms. The van der Waals surface area contributed by atoms with E-state index in [1.165, 1.54) is 0 Å². The molecule has 5 nitrogen and oxygen atoms in total. The zero-order chi connectivity index (χ0) is 13.5. The van der Waals surface area contributed by atoms with Crippen LogP contribution in [0, 0.1) is 0 Å². The summed E-state index contributed by atoms with van der Waals surface area (Å²) in [4.78, 5) is 12.1. The molecule has 1 unspecified atom stereocenters. The van der Waals surface area contributed by atoms with Crippen LogP contribution in [-0.4, -0.2) is 45.9 Å². The number of carbonyl (C=O) groups excluding carboxylic acids is 1. The van der Waals surface area contributed by atoms with E-state index in [4.69, 9.17) is 5.11 Å². The van der Waals surface area contributed by atoms with E-state index >= 15 is 0 Å². The van der Waals surface area contributed by atoms with Gasteiger partial charge in [-0.25, -0.2) is 0 Å². The number of nitrogens with zero attached hydrogens (tertiary/aromatic N) is 1. The fourth-order valence-electron chi connectivity index (χ4n) is 2.37. The Hall–Kier alpha value is -1.01. The summed E-state index contributed by atoms with van der Waals surface area (Å²) >= 11 is 1.76. The highest BCUT2D eigenvalue weighted by atomic mass is 32.2. The number of H-pyrrole nitrogens is 1. The lowest BCUT2D eigenvalue weighted by molar-refractivity contribution is -0.122. The summed E-state index contributed by atoms with van der Waals surface area (Å²) in [6, 6.07) is 0. The summed E-state index contributed by atoms with van der Waals surface area (Å²) in [5.74, 6) is 1.92. The summed E-state index contributed by atoms with van der Waals surface area (Å²) in [6.07, 6.45) is 5.55. The zero-order valence-corrected chi connectivity index (χ0v) is 11.8. The molecule has 0 aliphatic heterocycles. The predicted octanol–water partition coefficient (Wildman–Crippen LogP) is 1.06.